The molecule has 4 N–H and O–H groups in total. The number of likely N-dealkylation sites (tertiary alicyclic amines) is 1. The number of likely N-dealkylation sites (N-methyl/N-ethyl adjacent to an activating group) is 1. The average molecular weight is 513 g/mol. The van der Waals surface area contributed by atoms with Crippen molar-refractivity contribution >= 4 is 35.0 Å². The molecule has 2 heterocycles. The molecule has 1 aliphatic heterocycles. The van der Waals surface area contributed by atoms with Gasteiger partial charge in [0.05, 0.1) is 10.6 Å². The highest BCUT2D eigenvalue weighted by Gasteiger charge is 2.26. The fraction of sp³-hybridized carbons (Fsp3) is 0.280. The van der Waals surface area contributed by atoms with Crippen molar-refractivity contribution in [1.29, 1.82) is 0 Å². The van der Waals surface area contributed by atoms with Gasteiger partial charge in [-0.15, -0.1) is 0 Å². The number of halogens is 2. The normalized spacial score (nSPS) is 15.6. The molecule has 9 nitrogen and oxygen atoms in total. The van der Waals surface area contributed by atoms with Gasteiger partial charge < -0.3 is 16.4 Å². The molecule has 0 radical (unpaired) electrons. The lowest BCUT2D eigenvalue weighted by atomic mass is 10.2. The Bertz CT molecular complexity index is 1290. The van der Waals surface area contributed by atoms with Crippen LogP contribution >= 0.6 is 11.6 Å². The Kier molecular flexibility index (Phi) is 7.66. The predicted octanol–water partition coefficient (Wildman–Crippen LogP) is 3.23. The van der Waals surface area contributed by atoms with Crippen molar-refractivity contribution in [3.63, 3.8) is 0 Å². The molecular weight excluding hydrogens is 487 g/mol. The first-order valence-electron chi connectivity index (χ1n) is 11.5. The highest BCUT2D eigenvalue weighted by Crippen LogP contribution is 2.21. The lowest BCUT2D eigenvalue weighted by Gasteiger charge is -2.22. The maximum atomic E-state index is 13.2. The van der Waals surface area contributed by atoms with Gasteiger partial charge in [-0.05, 0) is 68.4 Å². The molecule has 188 valence electrons. The number of nitrogens with two attached hydrogens (primary N) is 1. The quantitative estimate of drug-likeness (QED) is 0.427. The summed E-state index contributed by atoms with van der Waals surface area (Å²) in [7, 11) is 0. The Labute approximate surface area is 212 Å². The number of rotatable bonds is 8. The SMILES string of the molecule is CCN1CCC[C@H]1CNC(=O)c1ncn(-c2ccc(NC(=O)c3ccc(F)cc3Cl)cc2)c1C(N)=O. The summed E-state index contributed by atoms with van der Waals surface area (Å²) in [6, 6.07) is 10.2. The van der Waals surface area contributed by atoms with Gasteiger partial charge in [0, 0.05) is 24.0 Å². The Balaban J connectivity index is 1.48. The van der Waals surface area contributed by atoms with Crippen molar-refractivity contribution in [2.45, 2.75) is 25.8 Å². The van der Waals surface area contributed by atoms with E-state index in [4.69, 9.17) is 17.3 Å². The third kappa shape index (κ3) is 5.39. The number of benzene rings is 2. The van der Waals surface area contributed by atoms with Gasteiger partial charge >= 0.3 is 0 Å². The Hall–Kier alpha value is -3.76. The summed E-state index contributed by atoms with van der Waals surface area (Å²) in [5.41, 5.74) is 6.59. The highest BCUT2D eigenvalue weighted by atomic mass is 35.5. The largest absolute Gasteiger partial charge is 0.364 e. The first-order chi connectivity index (χ1) is 17.3. The number of carbonyl (C=O) groups excluding carboxylic acids is 3. The maximum absolute atomic E-state index is 13.2. The van der Waals surface area contributed by atoms with Crippen LogP contribution in [0.4, 0.5) is 10.1 Å². The van der Waals surface area contributed by atoms with Crippen LogP contribution in [0, 0.1) is 5.82 Å². The van der Waals surface area contributed by atoms with E-state index in [1.807, 2.05) is 0 Å². The number of hydrogen-bond acceptors (Lipinski definition) is 5. The molecule has 11 heteroatoms. The van der Waals surface area contributed by atoms with E-state index >= 15 is 0 Å². The minimum absolute atomic E-state index is 0.00484. The zero-order valence-electron chi connectivity index (χ0n) is 19.6. The molecule has 4 rings (SSSR count). The first kappa shape index (κ1) is 25.3. The second kappa shape index (κ2) is 10.9. The molecule has 1 aromatic heterocycles. The number of anilines is 1. The molecule has 2 aromatic carbocycles. The highest BCUT2D eigenvalue weighted by molar-refractivity contribution is 6.34. The van der Waals surface area contributed by atoms with Crippen LogP contribution in [0.25, 0.3) is 5.69 Å². The summed E-state index contributed by atoms with van der Waals surface area (Å²) < 4.78 is 14.7. The smallest absolute Gasteiger partial charge is 0.272 e. The minimum Gasteiger partial charge on any atom is -0.364 e. The number of primary amides is 1. The van der Waals surface area contributed by atoms with Gasteiger partial charge in [0.2, 0.25) is 0 Å². The zero-order chi connectivity index (χ0) is 25.8. The molecule has 0 unspecified atom stereocenters. The van der Waals surface area contributed by atoms with Crippen molar-refractivity contribution in [2.24, 2.45) is 5.73 Å². The van der Waals surface area contributed by atoms with E-state index in [-0.39, 0.29) is 28.0 Å². The summed E-state index contributed by atoms with van der Waals surface area (Å²) in [4.78, 5) is 44.0. The fourth-order valence-electron chi connectivity index (χ4n) is 4.36. The van der Waals surface area contributed by atoms with Crippen molar-refractivity contribution < 1.29 is 18.8 Å². The van der Waals surface area contributed by atoms with Crippen LogP contribution in [-0.4, -0.2) is 57.8 Å². The van der Waals surface area contributed by atoms with Crippen molar-refractivity contribution in [3.05, 3.63) is 76.6 Å². The van der Waals surface area contributed by atoms with E-state index in [2.05, 4.69) is 27.4 Å². The lowest BCUT2D eigenvalue weighted by Crippen LogP contribution is -2.40. The Morgan fingerprint density at radius 3 is 2.58 bits per heavy atom. The van der Waals surface area contributed by atoms with Crippen molar-refractivity contribution in [2.75, 3.05) is 25.0 Å². The molecule has 3 aromatic rings. The van der Waals surface area contributed by atoms with Crippen LogP contribution in [0.15, 0.2) is 48.8 Å². The predicted molar refractivity (Wildman–Crippen MR) is 134 cm³/mol. The number of nitrogens with zero attached hydrogens (tertiary/aromatic N) is 3. The fourth-order valence-corrected chi connectivity index (χ4v) is 4.61. The Morgan fingerprint density at radius 1 is 1.17 bits per heavy atom. The van der Waals surface area contributed by atoms with E-state index in [1.54, 1.807) is 24.3 Å². The molecule has 1 aliphatic rings. The number of imidazole rings is 1. The molecule has 0 spiro atoms. The number of carbonyl (C=O) groups is 3. The van der Waals surface area contributed by atoms with Gasteiger partial charge in [0.1, 0.15) is 17.8 Å². The Morgan fingerprint density at radius 2 is 1.92 bits per heavy atom. The number of hydrogen-bond donors (Lipinski definition) is 3. The van der Waals surface area contributed by atoms with E-state index in [0.717, 1.165) is 38.1 Å². The molecule has 1 fully saturated rings. The van der Waals surface area contributed by atoms with Gasteiger partial charge in [-0.2, -0.15) is 0 Å². The summed E-state index contributed by atoms with van der Waals surface area (Å²) in [5.74, 6) is -2.31. The van der Waals surface area contributed by atoms with E-state index in [9.17, 15) is 18.8 Å². The van der Waals surface area contributed by atoms with Gasteiger partial charge in [-0.3, -0.25) is 23.9 Å². The molecule has 36 heavy (non-hydrogen) atoms. The molecule has 0 bridgehead atoms. The minimum atomic E-state index is -0.794. The third-order valence-corrected chi connectivity index (χ3v) is 6.51. The standard InChI is InChI=1S/C25H26ClFN6O3/c1-2-32-11-3-4-18(32)13-29-25(36)21-22(23(28)34)33(14-30-21)17-8-6-16(7-9-17)31-24(35)19-10-5-15(27)12-20(19)26/h5-10,12,14,18H,2-4,11,13H2,1H3,(H2,28,34)(H,29,36)(H,31,35)/t18-/m0/s1. The van der Waals surface area contributed by atoms with Crippen LogP contribution < -0.4 is 16.4 Å². The van der Waals surface area contributed by atoms with Crippen LogP contribution in [0.5, 0.6) is 0 Å². The van der Waals surface area contributed by atoms with E-state index < -0.39 is 23.5 Å². The van der Waals surface area contributed by atoms with E-state index in [1.165, 1.54) is 17.0 Å². The number of nitrogens with one attached hydrogen (secondary N) is 2. The van der Waals surface area contributed by atoms with Crippen LogP contribution in [-0.2, 0) is 0 Å². The van der Waals surface area contributed by atoms with Gasteiger partial charge in [-0.25, -0.2) is 9.37 Å². The molecule has 1 saturated heterocycles. The van der Waals surface area contributed by atoms with Gasteiger partial charge in [0.25, 0.3) is 17.7 Å². The van der Waals surface area contributed by atoms with Gasteiger partial charge in [0.15, 0.2) is 5.69 Å². The van der Waals surface area contributed by atoms with Gasteiger partial charge in [-0.1, -0.05) is 18.5 Å². The summed E-state index contributed by atoms with van der Waals surface area (Å²) in [5, 5.41) is 5.55. The zero-order valence-corrected chi connectivity index (χ0v) is 20.4. The first-order valence-corrected chi connectivity index (χ1v) is 11.9. The average Bonchev–Trinajstić information content (AvgIpc) is 3.50. The van der Waals surface area contributed by atoms with E-state index in [0.29, 0.717) is 17.9 Å². The van der Waals surface area contributed by atoms with Crippen molar-refractivity contribution in [3.8, 4) is 5.69 Å². The molecular formula is C25H26ClFN6O3. The third-order valence-electron chi connectivity index (χ3n) is 6.20. The van der Waals surface area contributed by atoms with Crippen LogP contribution in [0.1, 0.15) is 51.1 Å². The molecule has 3 amide bonds. The van der Waals surface area contributed by atoms with Crippen LogP contribution in [0.3, 0.4) is 0 Å². The maximum Gasteiger partial charge on any atom is 0.272 e. The second-order valence-corrected chi connectivity index (χ2v) is 8.84. The molecule has 0 saturated carbocycles. The topological polar surface area (TPSA) is 122 Å². The summed E-state index contributed by atoms with van der Waals surface area (Å²) >= 11 is 5.95. The lowest BCUT2D eigenvalue weighted by molar-refractivity contribution is 0.0920. The van der Waals surface area contributed by atoms with Crippen LogP contribution in [0.2, 0.25) is 5.02 Å². The summed E-state index contributed by atoms with van der Waals surface area (Å²) in [6.07, 6.45) is 3.44. The monoisotopic (exact) mass is 512 g/mol. The summed E-state index contributed by atoms with van der Waals surface area (Å²) in [6.45, 7) is 4.46. The number of aromatic nitrogens is 2. The number of amides is 3. The molecule has 1 atom stereocenters. The molecule has 0 aliphatic carbocycles. The second-order valence-electron chi connectivity index (χ2n) is 8.44. The van der Waals surface area contributed by atoms with Crippen molar-refractivity contribution in [1.82, 2.24) is 19.8 Å².